The zero-order chi connectivity index (χ0) is 10.2. The molecule has 2 rings (SSSR count). The van der Waals surface area contributed by atoms with Gasteiger partial charge in [-0.05, 0) is 45.4 Å². The molecule has 0 radical (unpaired) electrons. The molecule has 14 heavy (non-hydrogen) atoms. The Morgan fingerprint density at radius 1 is 1.14 bits per heavy atom. The Bertz CT molecular complexity index is 191. The van der Waals surface area contributed by atoms with Gasteiger partial charge in [0.1, 0.15) is 0 Å². The average Bonchev–Trinajstić information content (AvgIpc) is 2.18. The zero-order valence-corrected chi connectivity index (χ0v) is 9.68. The number of nitrogens with one attached hydrogen (secondary N) is 1. The molecule has 2 nitrogen and oxygen atoms in total. The molecule has 82 valence electrons. The van der Waals surface area contributed by atoms with E-state index < -0.39 is 0 Å². The third-order valence-electron chi connectivity index (χ3n) is 4.07. The number of hydrogen-bond donors (Lipinski definition) is 1. The molecule has 0 amide bonds. The highest BCUT2D eigenvalue weighted by molar-refractivity contribution is 4.94. The highest BCUT2D eigenvalue weighted by Gasteiger charge is 2.40. The van der Waals surface area contributed by atoms with Crippen LogP contribution in [0.1, 0.15) is 46.5 Å². The van der Waals surface area contributed by atoms with E-state index in [9.17, 15) is 0 Å². The molecule has 1 saturated heterocycles. The first-order chi connectivity index (χ1) is 6.61. The third-order valence-corrected chi connectivity index (χ3v) is 4.07. The minimum absolute atomic E-state index is 0.179. The van der Waals surface area contributed by atoms with Crippen LogP contribution in [0.2, 0.25) is 0 Å². The van der Waals surface area contributed by atoms with Crippen molar-refractivity contribution in [2.75, 3.05) is 6.54 Å². The molecule has 2 heteroatoms. The van der Waals surface area contributed by atoms with Crippen LogP contribution in [0.4, 0.5) is 0 Å². The van der Waals surface area contributed by atoms with Crippen LogP contribution < -0.4 is 5.32 Å². The molecule has 2 fully saturated rings. The Kier molecular flexibility index (Phi) is 2.85. The van der Waals surface area contributed by atoms with E-state index in [1.807, 2.05) is 0 Å². The molecule has 0 aromatic heterocycles. The van der Waals surface area contributed by atoms with Crippen LogP contribution in [0.3, 0.4) is 0 Å². The largest absolute Gasteiger partial charge is 0.369 e. The number of ether oxygens (including phenoxy) is 1. The van der Waals surface area contributed by atoms with Crippen molar-refractivity contribution in [1.29, 1.82) is 0 Å². The minimum atomic E-state index is 0.179. The van der Waals surface area contributed by atoms with Crippen molar-refractivity contribution in [1.82, 2.24) is 5.32 Å². The fraction of sp³-hybridized carbons (Fsp3) is 1.00. The Balaban J connectivity index is 1.97. The first-order valence-corrected chi connectivity index (χ1v) is 6.02. The Labute approximate surface area is 87.4 Å². The van der Waals surface area contributed by atoms with Crippen LogP contribution in [0, 0.1) is 5.92 Å². The summed E-state index contributed by atoms with van der Waals surface area (Å²) in [6.07, 6.45) is 5.54. The maximum absolute atomic E-state index is 6.21. The summed E-state index contributed by atoms with van der Waals surface area (Å²) in [5.74, 6) is 0.902. The topological polar surface area (TPSA) is 21.3 Å². The van der Waals surface area contributed by atoms with Gasteiger partial charge in [-0.3, -0.25) is 0 Å². The maximum Gasteiger partial charge on any atom is 0.0811 e. The summed E-state index contributed by atoms with van der Waals surface area (Å²) in [4.78, 5) is 0. The summed E-state index contributed by atoms with van der Waals surface area (Å²) in [6.45, 7) is 7.82. The predicted molar refractivity (Wildman–Crippen MR) is 58.4 cm³/mol. The van der Waals surface area contributed by atoms with Crippen molar-refractivity contribution in [2.45, 2.75) is 64.2 Å². The molecular formula is C12H23NO. The van der Waals surface area contributed by atoms with Gasteiger partial charge in [0.15, 0.2) is 0 Å². The molecule has 1 heterocycles. The lowest BCUT2D eigenvalue weighted by Crippen LogP contribution is -2.58. The molecule has 1 spiro atoms. The first kappa shape index (κ1) is 10.4. The summed E-state index contributed by atoms with van der Waals surface area (Å²) in [5, 5.41) is 3.58. The van der Waals surface area contributed by atoms with Gasteiger partial charge in [-0.2, -0.15) is 0 Å². The normalized spacial score (nSPS) is 49.5. The second kappa shape index (κ2) is 3.82. The molecular weight excluding hydrogens is 174 g/mol. The smallest absolute Gasteiger partial charge is 0.0811 e. The van der Waals surface area contributed by atoms with Crippen molar-refractivity contribution in [3.63, 3.8) is 0 Å². The van der Waals surface area contributed by atoms with Crippen LogP contribution in [-0.4, -0.2) is 24.3 Å². The van der Waals surface area contributed by atoms with Gasteiger partial charge in [0.05, 0.1) is 11.7 Å². The summed E-state index contributed by atoms with van der Waals surface area (Å²) >= 11 is 0. The molecule has 1 aliphatic carbocycles. The molecule has 1 aliphatic heterocycles. The third kappa shape index (κ3) is 1.96. The van der Waals surface area contributed by atoms with Crippen LogP contribution >= 0.6 is 0 Å². The predicted octanol–water partition coefficient (Wildman–Crippen LogP) is 2.33. The fourth-order valence-electron chi connectivity index (χ4n) is 2.63. The molecule has 2 atom stereocenters. The van der Waals surface area contributed by atoms with Crippen molar-refractivity contribution < 1.29 is 4.74 Å². The standard InChI is InChI=1S/C12H23NO/c1-9-4-6-12(7-5-9)8-13-10(2)11(3)14-12/h9-11,13H,4-8H2,1-3H3. The molecule has 2 unspecified atom stereocenters. The molecule has 0 bridgehead atoms. The van der Waals surface area contributed by atoms with Crippen LogP contribution in [0.25, 0.3) is 0 Å². The molecule has 1 N–H and O–H groups in total. The van der Waals surface area contributed by atoms with E-state index in [-0.39, 0.29) is 5.60 Å². The summed E-state index contributed by atoms with van der Waals surface area (Å²) in [6, 6.07) is 0.514. The van der Waals surface area contributed by atoms with Crippen molar-refractivity contribution in [3.05, 3.63) is 0 Å². The second-order valence-electron chi connectivity index (χ2n) is 5.36. The first-order valence-electron chi connectivity index (χ1n) is 6.02. The summed E-state index contributed by atoms with van der Waals surface area (Å²) < 4.78 is 6.21. The number of rotatable bonds is 0. The fourth-order valence-corrected chi connectivity index (χ4v) is 2.63. The van der Waals surface area contributed by atoms with E-state index >= 15 is 0 Å². The van der Waals surface area contributed by atoms with E-state index in [1.165, 1.54) is 25.7 Å². The second-order valence-corrected chi connectivity index (χ2v) is 5.36. The maximum atomic E-state index is 6.21. The van der Waals surface area contributed by atoms with E-state index in [2.05, 4.69) is 26.1 Å². The van der Waals surface area contributed by atoms with E-state index in [1.54, 1.807) is 0 Å². The zero-order valence-electron chi connectivity index (χ0n) is 9.68. The van der Waals surface area contributed by atoms with Crippen molar-refractivity contribution in [3.8, 4) is 0 Å². The lowest BCUT2D eigenvalue weighted by atomic mass is 9.78. The quantitative estimate of drug-likeness (QED) is 0.643. The summed E-state index contributed by atoms with van der Waals surface area (Å²) in [5.41, 5.74) is 0.179. The summed E-state index contributed by atoms with van der Waals surface area (Å²) in [7, 11) is 0. The van der Waals surface area contributed by atoms with Gasteiger partial charge in [0.2, 0.25) is 0 Å². The van der Waals surface area contributed by atoms with E-state index in [4.69, 9.17) is 4.74 Å². The molecule has 2 aliphatic rings. The number of hydrogen-bond acceptors (Lipinski definition) is 2. The van der Waals surface area contributed by atoms with Crippen molar-refractivity contribution in [2.24, 2.45) is 5.92 Å². The number of morpholine rings is 1. The van der Waals surface area contributed by atoms with E-state index in [0.717, 1.165) is 12.5 Å². The Morgan fingerprint density at radius 2 is 1.79 bits per heavy atom. The van der Waals surface area contributed by atoms with Crippen LogP contribution in [-0.2, 0) is 4.74 Å². The lowest BCUT2D eigenvalue weighted by molar-refractivity contribution is -0.145. The van der Waals surface area contributed by atoms with Crippen LogP contribution in [0.5, 0.6) is 0 Å². The highest BCUT2D eigenvalue weighted by atomic mass is 16.5. The van der Waals surface area contributed by atoms with Crippen molar-refractivity contribution >= 4 is 0 Å². The van der Waals surface area contributed by atoms with Gasteiger partial charge in [0.25, 0.3) is 0 Å². The Morgan fingerprint density at radius 3 is 2.36 bits per heavy atom. The monoisotopic (exact) mass is 197 g/mol. The highest BCUT2D eigenvalue weighted by Crippen LogP contribution is 2.37. The van der Waals surface area contributed by atoms with Gasteiger partial charge >= 0.3 is 0 Å². The van der Waals surface area contributed by atoms with Crippen LogP contribution in [0.15, 0.2) is 0 Å². The lowest BCUT2D eigenvalue weighted by Gasteiger charge is -2.47. The van der Waals surface area contributed by atoms with Gasteiger partial charge in [0, 0.05) is 12.6 Å². The SMILES string of the molecule is CC1CCC2(CC1)CNC(C)C(C)O2. The molecule has 0 aromatic carbocycles. The van der Waals surface area contributed by atoms with E-state index in [0.29, 0.717) is 12.1 Å². The Hall–Kier alpha value is -0.0800. The van der Waals surface area contributed by atoms with Gasteiger partial charge in [-0.25, -0.2) is 0 Å². The van der Waals surface area contributed by atoms with Gasteiger partial charge in [-0.1, -0.05) is 6.92 Å². The average molecular weight is 197 g/mol. The van der Waals surface area contributed by atoms with Gasteiger partial charge in [-0.15, -0.1) is 0 Å². The van der Waals surface area contributed by atoms with Gasteiger partial charge < -0.3 is 10.1 Å². The molecule has 1 saturated carbocycles. The molecule has 0 aromatic rings. The minimum Gasteiger partial charge on any atom is -0.369 e.